The minimum Gasteiger partial charge on any atom is -0.502 e. The lowest BCUT2D eigenvalue weighted by Crippen LogP contribution is -2.42. The van der Waals surface area contributed by atoms with E-state index < -0.39 is 8.80 Å². The molecule has 0 unspecified atom stereocenters. The Labute approximate surface area is 113 Å². The lowest BCUT2D eigenvalue weighted by molar-refractivity contribution is 0.122. The maximum Gasteiger partial charge on any atom is 0.500 e. The van der Waals surface area contributed by atoms with E-state index in [1.54, 1.807) is 27.6 Å². The number of hydrogen-bond donors (Lipinski definition) is 0. The number of unbranched alkanes of at least 4 members (excludes halogenated alkanes) is 4. The topological polar surface area (TPSA) is 36.9 Å². The Balaban J connectivity index is 3.44. The molecule has 0 aromatic rings. The molecule has 0 aliphatic heterocycles. The van der Waals surface area contributed by atoms with Crippen LogP contribution in [-0.4, -0.2) is 36.7 Å². The van der Waals surface area contributed by atoms with Gasteiger partial charge >= 0.3 is 8.80 Å². The Hall–Kier alpha value is -0.363. The van der Waals surface area contributed by atoms with E-state index in [2.05, 4.69) is 0 Å². The predicted molar refractivity (Wildman–Crippen MR) is 75.4 cm³/mol. The molecular weight excluding hydrogens is 248 g/mol. The predicted octanol–water partition coefficient (Wildman–Crippen LogP) is 3.37. The molecule has 0 spiro atoms. The fourth-order valence-corrected chi connectivity index (χ4v) is 3.57. The molecule has 0 atom stereocenters. The minimum atomic E-state index is -2.34. The molecule has 108 valence electrons. The van der Waals surface area contributed by atoms with Gasteiger partial charge in [-0.2, -0.15) is 0 Å². The van der Waals surface area contributed by atoms with Crippen LogP contribution in [0.15, 0.2) is 12.3 Å². The molecule has 0 fully saturated rings. The highest BCUT2D eigenvalue weighted by Gasteiger charge is 2.36. The lowest BCUT2D eigenvalue weighted by Gasteiger charge is -2.24. The van der Waals surface area contributed by atoms with Crippen molar-refractivity contribution in [2.24, 2.45) is 0 Å². The molecule has 0 radical (unpaired) electrons. The number of ether oxygens (including phenoxy) is 1. The van der Waals surface area contributed by atoms with E-state index in [-0.39, 0.29) is 0 Å². The summed E-state index contributed by atoms with van der Waals surface area (Å²) in [4.78, 5) is 0. The van der Waals surface area contributed by atoms with Crippen LogP contribution in [0, 0.1) is 0 Å². The van der Waals surface area contributed by atoms with E-state index in [9.17, 15) is 0 Å². The van der Waals surface area contributed by atoms with Gasteiger partial charge in [0, 0.05) is 27.4 Å². The monoisotopic (exact) mass is 276 g/mol. The molecule has 18 heavy (non-hydrogen) atoms. The zero-order valence-electron chi connectivity index (χ0n) is 12.2. The Bertz CT molecular complexity index is 197. The van der Waals surface area contributed by atoms with E-state index in [0.29, 0.717) is 0 Å². The van der Waals surface area contributed by atoms with Crippen molar-refractivity contribution in [1.29, 1.82) is 0 Å². The van der Waals surface area contributed by atoms with Gasteiger partial charge in [0.2, 0.25) is 0 Å². The Morgan fingerprint density at radius 3 is 1.94 bits per heavy atom. The van der Waals surface area contributed by atoms with Crippen molar-refractivity contribution in [3.05, 3.63) is 12.3 Å². The quantitative estimate of drug-likeness (QED) is 0.311. The van der Waals surface area contributed by atoms with Gasteiger partial charge in [-0.25, -0.2) is 0 Å². The summed E-state index contributed by atoms with van der Waals surface area (Å²) in [5.41, 5.74) is 0. The number of hydrogen-bond acceptors (Lipinski definition) is 4. The first-order chi connectivity index (χ1) is 8.74. The maximum atomic E-state index is 5.38. The van der Waals surface area contributed by atoms with Crippen molar-refractivity contribution < 1.29 is 18.0 Å². The van der Waals surface area contributed by atoms with Crippen molar-refractivity contribution in [3.63, 3.8) is 0 Å². The summed E-state index contributed by atoms with van der Waals surface area (Å²) in [6.45, 7) is 2.77. The van der Waals surface area contributed by atoms with Crippen LogP contribution >= 0.6 is 0 Å². The van der Waals surface area contributed by atoms with Gasteiger partial charge in [-0.3, -0.25) is 0 Å². The molecule has 0 bridgehead atoms. The third-order valence-corrected chi connectivity index (χ3v) is 5.74. The highest BCUT2D eigenvalue weighted by Crippen LogP contribution is 2.17. The molecule has 0 amide bonds. The molecule has 0 heterocycles. The summed E-state index contributed by atoms with van der Waals surface area (Å²) in [5.74, 6) is 0. The first kappa shape index (κ1) is 17.6. The molecule has 4 nitrogen and oxygen atoms in total. The van der Waals surface area contributed by atoms with Gasteiger partial charge in [0.25, 0.3) is 0 Å². The van der Waals surface area contributed by atoms with Gasteiger partial charge < -0.3 is 18.0 Å². The van der Waals surface area contributed by atoms with E-state index in [4.69, 9.17) is 18.0 Å². The summed E-state index contributed by atoms with van der Waals surface area (Å²) in [6, 6.07) is 0.894. The molecule has 0 rings (SSSR count). The summed E-state index contributed by atoms with van der Waals surface area (Å²) >= 11 is 0. The second kappa shape index (κ2) is 11.7. The van der Waals surface area contributed by atoms with Crippen LogP contribution in [0.1, 0.15) is 39.0 Å². The standard InChI is InChI=1S/C13H28O4Si/c1-5-11-17-12-9-7-6-8-10-13-18(14-2,15-3)16-4/h5,11H,6-10,12-13H2,1-4H3. The molecule has 0 saturated heterocycles. The number of allylic oxidation sites excluding steroid dienone is 1. The molecule has 0 aliphatic carbocycles. The van der Waals surface area contributed by atoms with Crippen molar-refractivity contribution in [1.82, 2.24) is 0 Å². The zero-order valence-corrected chi connectivity index (χ0v) is 13.2. The van der Waals surface area contributed by atoms with Crippen LogP contribution in [0.3, 0.4) is 0 Å². The Morgan fingerprint density at radius 2 is 1.39 bits per heavy atom. The molecule has 0 aliphatic rings. The summed E-state index contributed by atoms with van der Waals surface area (Å²) in [7, 11) is 2.66. The van der Waals surface area contributed by atoms with Gasteiger partial charge in [0.1, 0.15) is 0 Å². The SMILES string of the molecule is CC=COCCCCCCC[Si](OC)(OC)OC. The van der Waals surface area contributed by atoms with Crippen molar-refractivity contribution in [3.8, 4) is 0 Å². The largest absolute Gasteiger partial charge is 0.502 e. The van der Waals surface area contributed by atoms with Crippen molar-refractivity contribution in [2.75, 3.05) is 27.9 Å². The minimum absolute atomic E-state index is 0.817. The first-order valence-electron chi connectivity index (χ1n) is 6.63. The van der Waals surface area contributed by atoms with Crippen LogP contribution in [0.4, 0.5) is 0 Å². The normalized spacial score (nSPS) is 12.2. The second-order valence-corrected chi connectivity index (χ2v) is 7.24. The van der Waals surface area contributed by atoms with Crippen molar-refractivity contribution in [2.45, 2.75) is 45.1 Å². The second-order valence-electron chi connectivity index (χ2n) is 4.15. The van der Waals surface area contributed by atoms with E-state index >= 15 is 0 Å². The summed E-state index contributed by atoms with van der Waals surface area (Å²) in [5, 5.41) is 0. The Kier molecular flexibility index (Phi) is 11.5. The third-order valence-electron chi connectivity index (χ3n) is 2.91. The maximum absolute atomic E-state index is 5.38. The molecular formula is C13H28O4Si. The van der Waals surface area contributed by atoms with Gasteiger partial charge in [-0.1, -0.05) is 25.3 Å². The lowest BCUT2D eigenvalue weighted by atomic mass is 10.2. The number of rotatable bonds is 12. The molecule has 0 N–H and O–H groups in total. The highest BCUT2D eigenvalue weighted by molar-refractivity contribution is 6.60. The van der Waals surface area contributed by atoms with Gasteiger partial charge in [-0.05, 0) is 19.8 Å². The molecule has 0 saturated carbocycles. The highest BCUT2D eigenvalue weighted by atomic mass is 28.4. The van der Waals surface area contributed by atoms with Crippen molar-refractivity contribution >= 4 is 8.80 Å². The molecule has 5 heteroatoms. The smallest absolute Gasteiger partial charge is 0.500 e. The molecule has 0 aromatic carbocycles. The van der Waals surface area contributed by atoms with Crippen LogP contribution in [-0.2, 0) is 18.0 Å². The fraction of sp³-hybridized carbons (Fsp3) is 0.846. The third kappa shape index (κ3) is 7.87. The van der Waals surface area contributed by atoms with Crippen LogP contribution in [0.5, 0.6) is 0 Å². The average Bonchev–Trinajstić information content (AvgIpc) is 2.42. The van der Waals surface area contributed by atoms with Gasteiger partial charge in [0.05, 0.1) is 12.9 Å². The summed E-state index contributed by atoms with van der Waals surface area (Å²) in [6.07, 6.45) is 9.48. The van der Waals surface area contributed by atoms with E-state index in [0.717, 1.165) is 25.5 Å². The van der Waals surface area contributed by atoms with Crippen LogP contribution < -0.4 is 0 Å². The first-order valence-corrected chi connectivity index (χ1v) is 8.56. The molecule has 0 aromatic heterocycles. The zero-order chi connectivity index (χ0) is 13.7. The summed E-state index contributed by atoms with van der Waals surface area (Å²) < 4.78 is 21.4. The fourth-order valence-electron chi connectivity index (χ4n) is 1.78. The van der Waals surface area contributed by atoms with E-state index in [1.807, 2.05) is 13.0 Å². The van der Waals surface area contributed by atoms with Crippen LogP contribution in [0.2, 0.25) is 6.04 Å². The van der Waals surface area contributed by atoms with Gasteiger partial charge in [0.15, 0.2) is 0 Å². The Morgan fingerprint density at radius 1 is 0.833 bits per heavy atom. The van der Waals surface area contributed by atoms with Gasteiger partial charge in [-0.15, -0.1) is 0 Å². The van der Waals surface area contributed by atoms with E-state index in [1.165, 1.54) is 19.3 Å². The van der Waals surface area contributed by atoms with Crippen LogP contribution in [0.25, 0.3) is 0 Å². The average molecular weight is 276 g/mol.